The van der Waals surface area contributed by atoms with Crippen molar-refractivity contribution in [3.8, 4) is 0 Å². The summed E-state index contributed by atoms with van der Waals surface area (Å²) in [6.45, 7) is 6.84. The Hall–Kier alpha value is -0.160. The molecule has 2 unspecified atom stereocenters. The van der Waals surface area contributed by atoms with Gasteiger partial charge in [-0.2, -0.15) is 0 Å². The highest BCUT2D eigenvalue weighted by atomic mass is 35.5. The monoisotopic (exact) mass is 273 g/mol. The molecule has 0 amide bonds. The Morgan fingerprint density at radius 3 is 3.18 bits per heavy atom. The molecule has 0 bridgehead atoms. The Morgan fingerprint density at radius 2 is 2.41 bits per heavy atom. The van der Waals surface area contributed by atoms with Gasteiger partial charge in [0.15, 0.2) is 0 Å². The summed E-state index contributed by atoms with van der Waals surface area (Å²) in [7, 11) is 0. The maximum absolute atomic E-state index is 4.55. The molecule has 1 aromatic rings. The number of piperidine rings is 1. The molecular formula is C12H20ClN3S. The molecule has 2 aliphatic heterocycles. The van der Waals surface area contributed by atoms with Gasteiger partial charge in [0.2, 0.25) is 0 Å². The number of halogens is 1. The topological polar surface area (TPSA) is 28.2 Å². The van der Waals surface area contributed by atoms with Gasteiger partial charge >= 0.3 is 0 Å². The lowest BCUT2D eigenvalue weighted by Crippen LogP contribution is -2.43. The maximum atomic E-state index is 4.55. The van der Waals surface area contributed by atoms with Crippen LogP contribution in [0.15, 0.2) is 5.38 Å². The summed E-state index contributed by atoms with van der Waals surface area (Å²) in [6, 6.07) is 0.800. The molecule has 2 fully saturated rings. The number of aryl methyl sites for hydroxylation is 1. The van der Waals surface area contributed by atoms with Crippen molar-refractivity contribution in [2.75, 3.05) is 19.6 Å². The highest BCUT2D eigenvalue weighted by Gasteiger charge is 2.32. The first-order valence-electron chi connectivity index (χ1n) is 6.18. The summed E-state index contributed by atoms with van der Waals surface area (Å²) in [5, 5.41) is 7.04. The van der Waals surface area contributed by atoms with Crippen LogP contribution in [-0.4, -0.2) is 35.6 Å². The second-order valence-corrected chi connectivity index (χ2v) is 5.96. The summed E-state index contributed by atoms with van der Waals surface area (Å²) >= 11 is 1.80. The van der Waals surface area contributed by atoms with E-state index in [1.165, 1.54) is 37.5 Å². The summed E-state index contributed by atoms with van der Waals surface area (Å²) < 4.78 is 0. The van der Waals surface area contributed by atoms with E-state index in [1.54, 1.807) is 11.3 Å². The molecule has 3 heterocycles. The van der Waals surface area contributed by atoms with E-state index in [0.717, 1.165) is 24.2 Å². The SMILES string of the molecule is Cc1csc(CN2CCC3NCCC3C2)n1.Cl. The normalized spacial score (nSPS) is 28.8. The van der Waals surface area contributed by atoms with Crippen LogP contribution in [-0.2, 0) is 6.54 Å². The minimum Gasteiger partial charge on any atom is -0.314 e. The summed E-state index contributed by atoms with van der Waals surface area (Å²) in [5.74, 6) is 0.884. The fourth-order valence-electron chi connectivity index (χ4n) is 2.93. The van der Waals surface area contributed by atoms with Crippen LogP contribution in [0.2, 0.25) is 0 Å². The standard InChI is InChI=1S/C12H19N3S.ClH/c1-9-8-16-12(14-9)7-15-5-3-11-10(6-15)2-4-13-11;/h8,10-11,13H,2-7H2,1H3;1H. The number of fused-ring (bicyclic) bond motifs is 1. The second-order valence-electron chi connectivity index (χ2n) is 5.02. The first-order valence-corrected chi connectivity index (χ1v) is 7.06. The zero-order chi connectivity index (χ0) is 11.0. The van der Waals surface area contributed by atoms with Crippen molar-refractivity contribution in [2.45, 2.75) is 32.4 Å². The third kappa shape index (κ3) is 2.99. The maximum Gasteiger partial charge on any atom is 0.107 e. The van der Waals surface area contributed by atoms with Crippen LogP contribution in [0, 0.1) is 12.8 Å². The lowest BCUT2D eigenvalue weighted by Gasteiger charge is -2.34. The van der Waals surface area contributed by atoms with E-state index in [0.29, 0.717) is 0 Å². The van der Waals surface area contributed by atoms with Gasteiger partial charge in [0, 0.05) is 30.2 Å². The smallest absolute Gasteiger partial charge is 0.107 e. The molecule has 2 atom stereocenters. The molecule has 0 spiro atoms. The van der Waals surface area contributed by atoms with E-state index in [-0.39, 0.29) is 12.4 Å². The zero-order valence-corrected chi connectivity index (χ0v) is 11.8. The minimum absolute atomic E-state index is 0. The number of thiazole rings is 1. The number of nitrogens with one attached hydrogen (secondary N) is 1. The molecular weight excluding hydrogens is 254 g/mol. The Bertz CT molecular complexity index is 368. The van der Waals surface area contributed by atoms with Crippen LogP contribution in [0.1, 0.15) is 23.5 Å². The highest BCUT2D eigenvalue weighted by Crippen LogP contribution is 2.25. The predicted molar refractivity (Wildman–Crippen MR) is 73.9 cm³/mol. The first-order chi connectivity index (χ1) is 7.81. The minimum atomic E-state index is 0. The lowest BCUT2D eigenvalue weighted by atomic mass is 9.93. The number of likely N-dealkylation sites (tertiary alicyclic amines) is 1. The second kappa shape index (κ2) is 5.65. The lowest BCUT2D eigenvalue weighted by molar-refractivity contribution is 0.156. The van der Waals surface area contributed by atoms with Crippen molar-refractivity contribution in [1.82, 2.24) is 15.2 Å². The van der Waals surface area contributed by atoms with Crippen molar-refractivity contribution < 1.29 is 0 Å². The highest BCUT2D eigenvalue weighted by molar-refractivity contribution is 7.09. The van der Waals surface area contributed by atoms with E-state index in [9.17, 15) is 0 Å². The number of rotatable bonds is 2. The van der Waals surface area contributed by atoms with Gasteiger partial charge in [0.05, 0.1) is 6.54 Å². The molecule has 3 rings (SSSR count). The van der Waals surface area contributed by atoms with Gasteiger partial charge in [-0.05, 0) is 32.2 Å². The van der Waals surface area contributed by atoms with Crippen LogP contribution in [0.4, 0.5) is 0 Å². The van der Waals surface area contributed by atoms with Crippen LogP contribution in [0.25, 0.3) is 0 Å². The molecule has 1 N–H and O–H groups in total. The quantitative estimate of drug-likeness (QED) is 0.894. The molecule has 0 saturated carbocycles. The Labute approximate surface area is 113 Å². The van der Waals surface area contributed by atoms with Crippen molar-refractivity contribution in [3.63, 3.8) is 0 Å². The fraction of sp³-hybridized carbons (Fsp3) is 0.750. The number of nitrogens with zero attached hydrogens (tertiary/aromatic N) is 2. The van der Waals surface area contributed by atoms with Gasteiger partial charge in [-0.25, -0.2) is 4.98 Å². The Balaban J connectivity index is 0.00000108. The first kappa shape index (κ1) is 13.3. The average Bonchev–Trinajstić information content (AvgIpc) is 2.87. The Morgan fingerprint density at radius 1 is 1.53 bits per heavy atom. The van der Waals surface area contributed by atoms with Crippen molar-refractivity contribution >= 4 is 23.7 Å². The van der Waals surface area contributed by atoms with Crippen LogP contribution >= 0.6 is 23.7 Å². The van der Waals surface area contributed by atoms with Crippen LogP contribution in [0.5, 0.6) is 0 Å². The van der Waals surface area contributed by atoms with Crippen molar-refractivity contribution in [1.29, 1.82) is 0 Å². The van der Waals surface area contributed by atoms with E-state index < -0.39 is 0 Å². The number of aromatic nitrogens is 1. The largest absolute Gasteiger partial charge is 0.314 e. The molecule has 17 heavy (non-hydrogen) atoms. The Kier molecular flexibility index (Phi) is 4.42. The average molecular weight is 274 g/mol. The van der Waals surface area contributed by atoms with E-state index in [2.05, 4.69) is 27.5 Å². The molecule has 3 nitrogen and oxygen atoms in total. The number of hydrogen-bond donors (Lipinski definition) is 1. The molecule has 5 heteroatoms. The summed E-state index contributed by atoms with van der Waals surface area (Å²) in [4.78, 5) is 7.13. The molecule has 0 aromatic carbocycles. The molecule has 2 aliphatic rings. The molecule has 0 radical (unpaired) electrons. The fourth-order valence-corrected chi connectivity index (χ4v) is 3.75. The van der Waals surface area contributed by atoms with Gasteiger partial charge in [0.25, 0.3) is 0 Å². The summed E-state index contributed by atoms with van der Waals surface area (Å²) in [6.07, 6.45) is 2.67. The van der Waals surface area contributed by atoms with Crippen molar-refractivity contribution in [3.05, 3.63) is 16.1 Å². The zero-order valence-electron chi connectivity index (χ0n) is 10.2. The van der Waals surface area contributed by atoms with Gasteiger partial charge in [-0.1, -0.05) is 0 Å². The van der Waals surface area contributed by atoms with Gasteiger partial charge in [-0.15, -0.1) is 23.7 Å². The van der Waals surface area contributed by atoms with E-state index >= 15 is 0 Å². The summed E-state index contributed by atoms with van der Waals surface area (Å²) in [5.41, 5.74) is 1.16. The predicted octanol–water partition coefficient (Wildman–Crippen LogP) is 2.06. The van der Waals surface area contributed by atoms with Gasteiger partial charge in [0.1, 0.15) is 5.01 Å². The number of hydrogen-bond acceptors (Lipinski definition) is 4. The van der Waals surface area contributed by atoms with Gasteiger partial charge in [-0.3, -0.25) is 4.90 Å². The molecule has 0 aliphatic carbocycles. The van der Waals surface area contributed by atoms with Gasteiger partial charge < -0.3 is 5.32 Å². The van der Waals surface area contributed by atoms with E-state index in [1.807, 2.05) is 0 Å². The molecule has 2 saturated heterocycles. The molecule has 96 valence electrons. The molecule has 1 aromatic heterocycles. The van der Waals surface area contributed by atoms with Crippen LogP contribution < -0.4 is 5.32 Å². The van der Waals surface area contributed by atoms with Crippen LogP contribution in [0.3, 0.4) is 0 Å². The third-order valence-corrected chi connectivity index (χ3v) is 4.72. The third-order valence-electron chi connectivity index (χ3n) is 3.77. The van der Waals surface area contributed by atoms with Crippen molar-refractivity contribution in [2.24, 2.45) is 5.92 Å². The van der Waals surface area contributed by atoms with E-state index in [4.69, 9.17) is 0 Å².